The molecule has 0 aliphatic heterocycles. The summed E-state index contributed by atoms with van der Waals surface area (Å²) in [6.45, 7) is 14.9. The van der Waals surface area contributed by atoms with Crippen LogP contribution in [0.3, 0.4) is 0 Å². The number of rotatable bonds is 7. The monoisotopic (exact) mass is 930 g/mol. The molecule has 11 heteroatoms. The summed E-state index contributed by atoms with van der Waals surface area (Å²) in [6, 6.07) is 50.1. The highest BCUT2D eigenvalue weighted by molar-refractivity contribution is 6.33. The van der Waals surface area contributed by atoms with Crippen LogP contribution < -0.4 is 11.5 Å². The van der Waals surface area contributed by atoms with Crippen molar-refractivity contribution < 1.29 is 18.6 Å². The number of anilines is 2. The second-order valence-electron chi connectivity index (χ2n) is 18.2. The maximum Gasteiger partial charge on any atom is 0.305 e. The second-order valence-corrected chi connectivity index (χ2v) is 18.6. The van der Waals surface area contributed by atoms with Gasteiger partial charge in [-0.2, -0.15) is 8.78 Å². The zero-order valence-corrected chi connectivity index (χ0v) is 39.7. The lowest BCUT2D eigenvalue weighted by Gasteiger charge is -2.24. The van der Waals surface area contributed by atoms with Crippen molar-refractivity contribution in [2.45, 2.75) is 59.3 Å². The predicted molar refractivity (Wildman–Crippen MR) is 276 cm³/mol. The number of nitro benzene ring substituents is 2. The fourth-order valence-electron chi connectivity index (χ4n) is 8.06. The first-order valence-electron chi connectivity index (χ1n) is 21.9. The molecule has 0 bridgehead atoms. The van der Waals surface area contributed by atoms with E-state index < -0.39 is 32.9 Å². The van der Waals surface area contributed by atoms with E-state index in [-0.39, 0.29) is 22.0 Å². The molecular formula is C57H53ClF2N4O4. The van der Waals surface area contributed by atoms with Gasteiger partial charge in [-0.25, -0.2) is 0 Å². The zero-order chi connectivity index (χ0) is 49.5. The molecule has 0 fully saturated rings. The lowest BCUT2D eigenvalue weighted by Crippen LogP contribution is -2.14. The average molecular weight is 932 g/mol. The van der Waals surface area contributed by atoms with E-state index >= 15 is 4.39 Å². The SMILES string of the molecule is CC(C)(C)c1cccc(-c2ccccc2-c2ccccc2-c2cccc([N+](=O)[O-])c2F)c1N.Cc1cccc(C(C)(C)C)c1N.O=[N+]([O-])c1cccc(-c2ccccc2-c2ccccc2Cl)c1F. The van der Waals surface area contributed by atoms with Gasteiger partial charge in [0, 0.05) is 50.8 Å². The molecule has 0 saturated heterocycles. The molecule has 68 heavy (non-hydrogen) atoms. The van der Waals surface area contributed by atoms with Crippen molar-refractivity contribution in [3.8, 4) is 55.6 Å². The topological polar surface area (TPSA) is 138 Å². The van der Waals surface area contributed by atoms with Gasteiger partial charge in [0.2, 0.25) is 11.6 Å². The maximum atomic E-state index is 15.1. The number of nitrogens with two attached hydrogens (primary N) is 2. The van der Waals surface area contributed by atoms with E-state index in [2.05, 4.69) is 53.7 Å². The van der Waals surface area contributed by atoms with Crippen LogP contribution >= 0.6 is 11.6 Å². The highest BCUT2D eigenvalue weighted by atomic mass is 35.5. The molecule has 8 aromatic carbocycles. The minimum absolute atomic E-state index is 0.126. The summed E-state index contributed by atoms with van der Waals surface area (Å²) < 4.78 is 29.6. The summed E-state index contributed by atoms with van der Waals surface area (Å²) in [4.78, 5) is 20.8. The molecule has 8 aromatic rings. The van der Waals surface area contributed by atoms with Crippen LogP contribution in [-0.4, -0.2) is 9.85 Å². The van der Waals surface area contributed by atoms with Crippen LogP contribution in [-0.2, 0) is 10.8 Å². The van der Waals surface area contributed by atoms with Crippen molar-refractivity contribution in [1.82, 2.24) is 0 Å². The van der Waals surface area contributed by atoms with Crippen LogP contribution in [0.1, 0.15) is 58.2 Å². The number of nitrogens with zero attached hydrogens (tertiary/aromatic N) is 2. The van der Waals surface area contributed by atoms with Crippen LogP contribution in [0.4, 0.5) is 31.5 Å². The van der Waals surface area contributed by atoms with Crippen molar-refractivity contribution in [1.29, 1.82) is 0 Å². The van der Waals surface area contributed by atoms with Gasteiger partial charge < -0.3 is 11.5 Å². The summed E-state index contributed by atoms with van der Waals surface area (Å²) in [7, 11) is 0. The molecule has 0 radical (unpaired) electrons. The molecule has 0 amide bonds. The van der Waals surface area contributed by atoms with E-state index in [0.29, 0.717) is 21.8 Å². The van der Waals surface area contributed by atoms with E-state index in [1.807, 2.05) is 97.9 Å². The Morgan fingerprint density at radius 1 is 0.412 bits per heavy atom. The Morgan fingerprint density at radius 2 is 0.706 bits per heavy atom. The van der Waals surface area contributed by atoms with E-state index in [1.54, 1.807) is 36.4 Å². The Labute approximate surface area is 401 Å². The largest absolute Gasteiger partial charge is 0.398 e. The smallest absolute Gasteiger partial charge is 0.305 e. The van der Waals surface area contributed by atoms with Gasteiger partial charge in [-0.15, -0.1) is 0 Å². The summed E-state index contributed by atoms with van der Waals surface area (Å²) in [6.07, 6.45) is 0. The van der Waals surface area contributed by atoms with Crippen LogP contribution in [0.25, 0.3) is 55.6 Å². The lowest BCUT2D eigenvalue weighted by molar-refractivity contribution is -0.387. The highest BCUT2D eigenvalue weighted by Gasteiger charge is 2.24. The van der Waals surface area contributed by atoms with Gasteiger partial charge >= 0.3 is 11.4 Å². The Morgan fingerprint density at radius 3 is 1.09 bits per heavy atom. The van der Waals surface area contributed by atoms with Gasteiger partial charge in [-0.3, -0.25) is 20.2 Å². The first kappa shape index (κ1) is 49.7. The number of para-hydroxylation sites is 2. The van der Waals surface area contributed by atoms with Crippen molar-refractivity contribution in [3.05, 3.63) is 223 Å². The third-order valence-electron chi connectivity index (χ3n) is 11.5. The molecule has 0 aliphatic carbocycles. The van der Waals surface area contributed by atoms with Gasteiger partial charge in [0.1, 0.15) is 0 Å². The molecule has 4 N–H and O–H groups in total. The van der Waals surface area contributed by atoms with Crippen LogP contribution in [0, 0.1) is 38.8 Å². The minimum Gasteiger partial charge on any atom is -0.398 e. The minimum atomic E-state index is -0.850. The van der Waals surface area contributed by atoms with Crippen molar-refractivity contribution in [2.75, 3.05) is 11.5 Å². The first-order valence-corrected chi connectivity index (χ1v) is 22.2. The van der Waals surface area contributed by atoms with E-state index in [1.165, 1.54) is 35.4 Å². The number of benzene rings is 8. The fraction of sp³-hybridized carbons (Fsp3) is 0.158. The van der Waals surface area contributed by atoms with Crippen LogP contribution in [0.5, 0.6) is 0 Å². The van der Waals surface area contributed by atoms with Crippen LogP contribution in [0.15, 0.2) is 170 Å². The number of aryl methyl sites for hydroxylation is 1. The standard InChI is InChI=1S/C28H25FN2O2.C18H11ClFNO2.C11H17N/c1-28(2,3)24-16-8-15-23(27(24)30)21-13-7-5-11-19(21)18-10-4-6-12-20(18)22-14-9-17-25(26(22)29)31(32)33;19-16-10-4-3-8-14(16)12-6-1-2-7-13(12)15-9-5-11-17(18(15)20)21(22)23;1-8-6-5-7-9(10(8)12)11(2,3)4/h4-17H,30H2,1-3H3;1-11H;5-7H,12H2,1-4H3. The van der Waals surface area contributed by atoms with E-state index in [0.717, 1.165) is 50.7 Å². The molecule has 8 nitrogen and oxygen atoms in total. The molecule has 346 valence electrons. The molecule has 0 aliphatic rings. The molecule has 8 rings (SSSR count). The predicted octanol–water partition coefficient (Wildman–Crippen LogP) is 16.2. The summed E-state index contributed by atoms with van der Waals surface area (Å²) >= 11 is 6.24. The molecule has 0 atom stereocenters. The lowest BCUT2D eigenvalue weighted by atomic mass is 9.82. The van der Waals surface area contributed by atoms with E-state index in [4.69, 9.17) is 23.1 Å². The zero-order valence-electron chi connectivity index (χ0n) is 39.0. The summed E-state index contributed by atoms with van der Waals surface area (Å²) in [5, 5.41) is 22.8. The summed E-state index contributed by atoms with van der Waals surface area (Å²) in [5.74, 6) is -1.70. The number of nitrogen functional groups attached to an aromatic ring is 2. The molecular weight excluding hydrogens is 878 g/mol. The second kappa shape index (κ2) is 20.9. The van der Waals surface area contributed by atoms with Gasteiger partial charge in [-0.1, -0.05) is 205 Å². The van der Waals surface area contributed by atoms with Gasteiger partial charge in [-0.05, 0) is 73.9 Å². The van der Waals surface area contributed by atoms with Crippen molar-refractivity contribution in [3.63, 3.8) is 0 Å². The number of hydrogen-bond donors (Lipinski definition) is 2. The third kappa shape index (κ3) is 10.9. The third-order valence-corrected chi connectivity index (χ3v) is 11.8. The maximum absolute atomic E-state index is 15.1. The Hall–Kier alpha value is -7.69. The highest BCUT2D eigenvalue weighted by Crippen LogP contribution is 2.44. The van der Waals surface area contributed by atoms with Gasteiger partial charge in [0.25, 0.3) is 0 Å². The summed E-state index contributed by atoms with van der Waals surface area (Å²) in [5.41, 5.74) is 23.1. The van der Waals surface area contributed by atoms with Crippen LogP contribution in [0.2, 0.25) is 5.02 Å². The molecule has 0 heterocycles. The molecule has 0 saturated carbocycles. The molecule has 0 aromatic heterocycles. The van der Waals surface area contributed by atoms with Crippen molar-refractivity contribution in [2.24, 2.45) is 0 Å². The quantitative estimate of drug-likeness (QED) is 0.0927. The fourth-order valence-corrected chi connectivity index (χ4v) is 8.30. The number of hydrogen-bond acceptors (Lipinski definition) is 6. The number of nitro groups is 2. The van der Waals surface area contributed by atoms with Gasteiger partial charge in [0.15, 0.2) is 0 Å². The Balaban J connectivity index is 0.000000188. The first-order chi connectivity index (χ1) is 32.2. The molecule has 0 unspecified atom stereocenters. The van der Waals surface area contributed by atoms with E-state index in [9.17, 15) is 24.6 Å². The van der Waals surface area contributed by atoms with Gasteiger partial charge in [0.05, 0.1) is 9.85 Å². The average Bonchev–Trinajstić information content (AvgIpc) is 3.30. The molecule has 0 spiro atoms. The Bertz CT molecular complexity index is 3140. The number of halogens is 3. The Kier molecular flexibility index (Phi) is 15.3. The van der Waals surface area contributed by atoms with Crippen molar-refractivity contribution >= 4 is 34.4 Å². The normalized spacial score (nSPS) is 11.1.